The smallest absolute Gasteiger partial charge is 0.191 e. The number of hydrogen-bond acceptors (Lipinski definition) is 4. The fraction of sp³-hybridized carbons (Fsp3) is 0.611. The minimum absolute atomic E-state index is 0. The van der Waals surface area contributed by atoms with E-state index in [1.807, 2.05) is 0 Å². The maximum absolute atomic E-state index is 13.5. The van der Waals surface area contributed by atoms with E-state index in [-0.39, 0.29) is 41.9 Å². The molecule has 0 atom stereocenters. The van der Waals surface area contributed by atoms with Crippen molar-refractivity contribution in [3.8, 4) is 5.75 Å². The molecule has 6 nitrogen and oxygen atoms in total. The number of likely N-dealkylation sites (N-methyl/N-ethyl adjacent to an activating group) is 1. The summed E-state index contributed by atoms with van der Waals surface area (Å²) in [7, 11) is 5.85. The highest BCUT2D eigenvalue weighted by Crippen LogP contribution is 2.25. The maximum Gasteiger partial charge on any atom is 0.191 e. The van der Waals surface area contributed by atoms with Crippen LogP contribution in [0.1, 0.15) is 12.8 Å². The molecule has 1 saturated heterocycles. The van der Waals surface area contributed by atoms with E-state index in [0.717, 1.165) is 38.7 Å². The highest BCUT2D eigenvalue weighted by Gasteiger charge is 2.34. The predicted molar refractivity (Wildman–Crippen MR) is 113 cm³/mol. The average molecular weight is 498 g/mol. The van der Waals surface area contributed by atoms with Gasteiger partial charge < -0.3 is 25.0 Å². The van der Waals surface area contributed by atoms with Crippen LogP contribution in [0, 0.1) is 11.6 Å². The van der Waals surface area contributed by atoms with E-state index in [9.17, 15) is 8.78 Å². The van der Waals surface area contributed by atoms with Crippen molar-refractivity contribution in [2.45, 2.75) is 18.4 Å². The van der Waals surface area contributed by atoms with Crippen molar-refractivity contribution in [1.82, 2.24) is 15.5 Å². The van der Waals surface area contributed by atoms with Crippen LogP contribution in [-0.4, -0.2) is 70.5 Å². The van der Waals surface area contributed by atoms with E-state index < -0.39 is 11.6 Å². The number of guanidine groups is 1. The van der Waals surface area contributed by atoms with E-state index in [1.54, 1.807) is 7.05 Å². The van der Waals surface area contributed by atoms with E-state index in [2.05, 4.69) is 34.6 Å². The van der Waals surface area contributed by atoms with Crippen LogP contribution in [0.2, 0.25) is 0 Å². The molecule has 1 aromatic rings. The van der Waals surface area contributed by atoms with E-state index in [0.29, 0.717) is 12.5 Å². The van der Waals surface area contributed by atoms with Gasteiger partial charge in [-0.3, -0.25) is 4.99 Å². The standard InChI is InChI=1S/C18H28F2N4O2.HI/c1-21-17(23-13-18(24(2)3)6-9-25-10-7-18)22-8-11-26-16-5-4-14(19)12-15(16)20;/h4-5,12H,6-11,13H2,1-3H3,(H2,21,22,23);1H. The van der Waals surface area contributed by atoms with Crippen LogP contribution in [0.4, 0.5) is 8.78 Å². The molecule has 0 aliphatic carbocycles. The van der Waals surface area contributed by atoms with Crippen LogP contribution < -0.4 is 15.4 Å². The van der Waals surface area contributed by atoms with Gasteiger partial charge in [0.2, 0.25) is 0 Å². The molecule has 27 heavy (non-hydrogen) atoms. The predicted octanol–water partition coefficient (Wildman–Crippen LogP) is 2.24. The van der Waals surface area contributed by atoms with Crippen molar-refractivity contribution in [2.75, 3.05) is 54.1 Å². The molecule has 1 heterocycles. The number of nitrogens with one attached hydrogen (secondary N) is 2. The summed E-state index contributed by atoms with van der Waals surface area (Å²) in [5.41, 5.74) is 0.0314. The fourth-order valence-electron chi connectivity index (χ4n) is 2.93. The molecule has 0 amide bonds. The number of benzene rings is 1. The van der Waals surface area contributed by atoms with Gasteiger partial charge in [0.1, 0.15) is 12.4 Å². The molecule has 1 aliphatic heterocycles. The highest BCUT2D eigenvalue weighted by atomic mass is 127. The Morgan fingerprint density at radius 3 is 2.56 bits per heavy atom. The van der Waals surface area contributed by atoms with Gasteiger partial charge in [-0.1, -0.05) is 0 Å². The fourth-order valence-corrected chi connectivity index (χ4v) is 2.93. The summed E-state index contributed by atoms with van der Waals surface area (Å²) < 4.78 is 37.2. The number of hydrogen-bond donors (Lipinski definition) is 2. The summed E-state index contributed by atoms with van der Waals surface area (Å²) in [6.07, 6.45) is 1.91. The van der Waals surface area contributed by atoms with Crippen molar-refractivity contribution in [3.05, 3.63) is 29.8 Å². The lowest BCUT2D eigenvalue weighted by Gasteiger charge is -2.43. The zero-order chi connectivity index (χ0) is 19.0. The molecule has 154 valence electrons. The van der Waals surface area contributed by atoms with Gasteiger partial charge >= 0.3 is 0 Å². The molecule has 0 spiro atoms. The Balaban J connectivity index is 0.00000364. The maximum atomic E-state index is 13.5. The van der Waals surface area contributed by atoms with Crippen molar-refractivity contribution in [3.63, 3.8) is 0 Å². The SMILES string of the molecule is CN=C(NCCOc1ccc(F)cc1F)NCC1(N(C)C)CCOCC1.I. The van der Waals surface area contributed by atoms with Crippen LogP contribution >= 0.6 is 24.0 Å². The lowest BCUT2D eigenvalue weighted by Crippen LogP contribution is -2.57. The van der Waals surface area contributed by atoms with E-state index in [4.69, 9.17) is 9.47 Å². The van der Waals surface area contributed by atoms with Gasteiger partial charge in [0, 0.05) is 38.4 Å². The first-order valence-corrected chi connectivity index (χ1v) is 8.74. The van der Waals surface area contributed by atoms with Crippen LogP contribution in [0.25, 0.3) is 0 Å². The summed E-state index contributed by atoms with van der Waals surface area (Å²) in [6.45, 7) is 2.92. The Morgan fingerprint density at radius 1 is 1.26 bits per heavy atom. The normalized spacial score (nSPS) is 16.6. The van der Waals surface area contributed by atoms with Crippen LogP contribution in [0.15, 0.2) is 23.2 Å². The number of nitrogens with zero attached hydrogens (tertiary/aromatic N) is 2. The second kappa shape index (κ2) is 11.6. The summed E-state index contributed by atoms with van der Waals surface area (Å²) >= 11 is 0. The third-order valence-electron chi connectivity index (χ3n) is 4.73. The molecule has 0 unspecified atom stereocenters. The van der Waals surface area contributed by atoms with Gasteiger partial charge in [0.25, 0.3) is 0 Å². The van der Waals surface area contributed by atoms with Crippen LogP contribution in [-0.2, 0) is 4.74 Å². The zero-order valence-electron chi connectivity index (χ0n) is 16.1. The largest absolute Gasteiger partial charge is 0.489 e. The number of aliphatic imine (C=N–C) groups is 1. The summed E-state index contributed by atoms with van der Waals surface area (Å²) in [4.78, 5) is 6.43. The Bertz CT molecular complexity index is 611. The van der Waals surface area contributed by atoms with E-state index >= 15 is 0 Å². The first-order chi connectivity index (χ1) is 12.5. The minimum atomic E-state index is -0.708. The summed E-state index contributed by atoms with van der Waals surface area (Å²) in [6, 6.07) is 3.25. The first-order valence-electron chi connectivity index (χ1n) is 8.74. The van der Waals surface area contributed by atoms with Gasteiger partial charge in [-0.15, -0.1) is 24.0 Å². The average Bonchev–Trinajstić information content (AvgIpc) is 2.63. The number of ether oxygens (including phenoxy) is 2. The summed E-state index contributed by atoms with van der Waals surface area (Å²) in [5, 5.41) is 6.48. The molecule has 0 saturated carbocycles. The van der Waals surface area contributed by atoms with Crippen molar-refractivity contribution < 1.29 is 18.3 Å². The van der Waals surface area contributed by atoms with Crippen molar-refractivity contribution in [1.29, 1.82) is 0 Å². The van der Waals surface area contributed by atoms with Gasteiger partial charge in [-0.25, -0.2) is 8.78 Å². The zero-order valence-corrected chi connectivity index (χ0v) is 18.4. The quantitative estimate of drug-likeness (QED) is 0.262. The Kier molecular flexibility index (Phi) is 10.2. The minimum Gasteiger partial charge on any atom is -0.489 e. The molecule has 2 N–H and O–H groups in total. The molecule has 1 aliphatic rings. The van der Waals surface area contributed by atoms with Crippen molar-refractivity contribution >= 4 is 29.9 Å². The van der Waals surface area contributed by atoms with Gasteiger partial charge in [0.05, 0.1) is 6.54 Å². The van der Waals surface area contributed by atoms with Gasteiger partial charge in [0.15, 0.2) is 17.5 Å². The Morgan fingerprint density at radius 2 is 1.96 bits per heavy atom. The van der Waals surface area contributed by atoms with Crippen LogP contribution in [0.5, 0.6) is 5.75 Å². The second-order valence-electron chi connectivity index (χ2n) is 6.51. The molecule has 0 radical (unpaired) electrons. The monoisotopic (exact) mass is 498 g/mol. The molecule has 1 aromatic carbocycles. The number of halogens is 3. The molecule has 0 bridgehead atoms. The van der Waals surface area contributed by atoms with Gasteiger partial charge in [-0.2, -0.15) is 0 Å². The summed E-state index contributed by atoms with van der Waals surface area (Å²) in [5.74, 6) is -0.647. The van der Waals surface area contributed by atoms with Gasteiger partial charge in [-0.05, 0) is 39.1 Å². The molecule has 1 fully saturated rings. The molecule has 9 heteroatoms. The van der Waals surface area contributed by atoms with E-state index in [1.165, 1.54) is 12.1 Å². The highest BCUT2D eigenvalue weighted by molar-refractivity contribution is 14.0. The van der Waals surface area contributed by atoms with Crippen molar-refractivity contribution in [2.24, 2.45) is 4.99 Å². The molecule has 0 aromatic heterocycles. The topological polar surface area (TPSA) is 58.1 Å². The molecular formula is C18H29F2IN4O2. The third-order valence-corrected chi connectivity index (χ3v) is 4.73. The molecular weight excluding hydrogens is 469 g/mol. The van der Waals surface area contributed by atoms with Crippen LogP contribution in [0.3, 0.4) is 0 Å². The third kappa shape index (κ3) is 7.04. The lowest BCUT2D eigenvalue weighted by atomic mass is 9.88. The Hall–Kier alpha value is -1.20. The first kappa shape index (κ1) is 23.8. The number of rotatable bonds is 7. The Labute approximate surface area is 176 Å². The lowest BCUT2D eigenvalue weighted by molar-refractivity contribution is -0.00501. The molecule has 2 rings (SSSR count). The second-order valence-corrected chi connectivity index (χ2v) is 6.51.